The van der Waals surface area contributed by atoms with Gasteiger partial charge in [-0.3, -0.25) is 0 Å². The Balaban J connectivity index is 1.97. The van der Waals surface area contributed by atoms with Gasteiger partial charge in [-0.25, -0.2) is 0 Å². The molecule has 1 aromatic rings. The van der Waals surface area contributed by atoms with Gasteiger partial charge < -0.3 is 10.1 Å². The van der Waals surface area contributed by atoms with E-state index in [2.05, 4.69) is 59.4 Å². The maximum absolute atomic E-state index is 6.37. The van der Waals surface area contributed by atoms with Gasteiger partial charge in [-0.15, -0.1) is 0 Å². The van der Waals surface area contributed by atoms with Gasteiger partial charge in [0, 0.05) is 11.0 Å². The van der Waals surface area contributed by atoms with Crippen molar-refractivity contribution < 1.29 is 4.74 Å². The van der Waals surface area contributed by atoms with Crippen LogP contribution in [0.5, 0.6) is 0 Å². The number of hydrogen-bond donors (Lipinski definition) is 1. The lowest BCUT2D eigenvalue weighted by Crippen LogP contribution is -2.30. The number of benzene rings is 1. The Morgan fingerprint density at radius 1 is 1.25 bits per heavy atom. The van der Waals surface area contributed by atoms with Gasteiger partial charge in [-0.2, -0.15) is 0 Å². The van der Waals surface area contributed by atoms with Crippen molar-refractivity contribution in [2.45, 2.75) is 51.7 Å². The molecule has 1 unspecified atom stereocenters. The lowest BCUT2D eigenvalue weighted by atomic mass is 9.76. The molecule has 1 N–H and O–H groups in total. The largest absolute Gasteiger partial charge is 0.369 e. The second-order valence-electron chi connectivity index (χ2n) is 6.60. The van der Waals surface area contributed by atoms with Crippen LogP contribution < -0.4 is 5.32 Å². The van der Waals surface area contributed by atoms with E-state index >= 15 is 0 Å². The second kappa shape index (κ2) is 7.06. The number of halogens is 1. The zero-order valence-electron chi connectivity index (χ0n) is 12.8. The smallest absolute Gasteiger partial charge is 0.0952 e. The van der Waals surface area contributed by atoms with Crippen molar-refractivity contribution in [3.63, 3.8) is 0 Å². The molecule has 0 saturated heterocycles. The highest BCUT2D eigenvalue weighted by Gasteiger charge is 2.29. The fourth-order valence-electron chi connectivity index (χ4n) is 2.85. The maximum Gasteiger partial charge on any atom is 0.0952 e. The lowest BCUT2D eigenvalue weighted by molar-refractivity contribution is -0.0454. The van der Waals surface area contributed by atoms with Crippen LogP contribution in [0.2, 0.25) is 0 Å². The van der Waals surface area contributed by atoms with Crippen molar-refractivity contribution in [3.05, 3.63) is 34.3 Å². The van der Waals surface area contributed by atoms with Crippen molar-refractivity contribution in [1.82, 2.24) is 5.32 Å². The van der Waals surface area contributed by atoms with Crippen LogP contribution in [0, 0.1) is 5.41 Å². The molecule has 1 fully saturated rings. The van der Waals surface area contributed by atoms with Gasteiger partial charge in [-0.05, 0) is 55.8 Å². The molecule has 20 heavy (non-hydrogen) atoms. The average Bonchev–Trinajstić information content (AvgIpc) is 2.41. The van der Waals surface area contributed by atoms with E-state index in [9.17, 15) is 0 Å². The molecule has 1 aromatic carbocycles. The Labute approximate surface area is 131 Å². The molecule has 2 rings (SSSR count). The normalized spacial score (nSPS) is 20.8. The molecule has 0 radical (unpaired) electrons. The van der Waals surface area contributed by atoms with Gasteiger partial charge in [-0.1, -0.05) is 41.9 Å². The van der Waals surface area contributed by atoms with E-state index in [1.807, 2.05) is 7.05 Å². The first-order valence-electron chi connectivity index (χ1n) is 7.56. The van der Waals surface area contributed by atoms with E-state index in [1.54, 1.807) is 0 Å². The molecule has 0 spiro atoms. The standard InChI is InChI=1S/C17H26BrNO/c1-17(2)10-8-15(9-11-17)20-16(12-19-3)13-4-6-14(18)7-5-13/h4-7,15-16,19H,8-12H2,1-3H3. The maximum atomic E-state index is 6.37. The summed E-state index contributed by atoms with van der Waals surface area (Å²) in [6, 6.07) is 8.48. The van der Waals surface area contributed by atoms with Gasteiger partial charge in [0.2, 0.25) is 0 Å². The molecule has 1 aliphatic rings. The van der Waals surface area contributed by atoms with Crippen molar-refractivity contribution in [2.24, 2.45) is 5.41 Å². The summed E-state index contributed by atoms with van der Waals surface area (Å²) in [5.74, 6) is 0. The van der Waals surface area contributed by atoms with E-state index in [0.717, 1.165) is 11.0 Å². The predicted molar refractivity (Wildman–Crippen MR) is 87.9 cm³/mol. The molecule has 2 nitrogen and oxygen atoms in total. The van der Waals surface area contributed by atoms with Gasteiger partial charge in [0.1, 0.15) is 0 Å². The summed E-state index contributed by atoms with van der Waals surface area (Å²) in [5, 5.41) is 3.25. The van der Waals surface area contributed by atoms with Gasteiger partial charge in [0.15, 0.2) is 0 Å². The third kappa shape index (κ3) is 4.57. The van der Waals surface area contributed by atoms with Crippen LogP contribution in [0.4, 0.5) is 0 Å². The Morgan fingerprint density at radius 2 is 1.85 bits per heavy atom. The summed E-state index contributed by atoms with van der Waals surface area (Å²) in [6.07, 6.45) is 5.46. The molecule has 1 saturated carbocycles. The summed E-state index contributed by atoms with van der Waals surface area (Å²) >= 11 is 3.49. The Hall–Kier alpha value is -0.380. The number of ether oxygens (including phenoxy) is 1. The highest BCUT2D eigenvalue weighted by atomic mass is 79.9. The number of likely N-dealkylation sites (N-methyl/N-ethyl adjacent to an activating group) is 1. The quantitative estimate of drug-likeness (QED) is 0.839. The minimum absolute atomic E-state index is 0.152. The summed E-state index contributed by atoms with van der Waals surface area (Å²) in [5.41, 5.74) is 1.75. The summed E-state index contributed by atoms with van der Waals surface area (Å²) in [6.45, 7) is 5.59. The molecule has 1 aliphatic carbocycles. The SMILES string of the molecule is CNCC(OC1CCC(C)(C)CC1)c1ccc(Br)cc1. The fourth-order valence-corrected chi connectivity index (χ4v) is 3.11. The number of hydrogen-bond acceptors (Lipinski definition) is 2. The highest BCUT2D eigenvalue weighted by Crippen LogP contribution is 2.37. The Morgan fingerprint density at radius 3 is 2.40 bits per heavy atom. The Kier molecular flexibility index (Phi) is 5.65. The first-order valence-corrected chi connectivity index (χ1v) is 8.35. The zero-order valence-corrected chi connectivity index (χ0v) is 14.4. The van der Waals surface area contributed by atoms with E-state index in [1.165, 1.54) is 31.2 Å². The number of rotatable bonds is 5. The second-order valence-corrected chi connectivity index (χ2v) is 7.51. The number of nitrogens with one attached hydrogen (secondary N) is 1. The van der Waals surface area contributed by atoms with Gasteiger partial charge in [0.05, 0.1) is 12.2 Å². The topological polar surface area (TPSA) is 21.3 Å². The molecule has 0 bridgehead atoms. The third-order valence-electron chi connectivity index (χ3n) is 4.27. The average molecular weight is 340 g/mol. The molecule has 112 valence electrons. The molecule has 0 aromatic heterocycles. The van der Waals surface area contributed by atoms with Crippen LogP contribution in [-0.2, 0) is 4.74 Å². The first-order chi connectivity index (χ1) is 9.50. The minimum Gasteiger partial charge on any atom is -0.369 e. The molecular weight excluding hydrogens is 314 g/mol. The molecular formula is C17H26BrNO. The van der Waals surface area contributed by atoms with Crippen LogP contribution in [0.1, 0.15) is 51.2 Å². The summed E-state index contributed by atoms with van der Waals surface area (Å²) in [7, 11) is 1.99. The van der Waals surface area contributed by atoms with E-state index in [0.29, 0.717) is 11.5 Å². The van der Waals surface area contributed by atoms with E-state index < -0.39 is 0 Å². The lowest BCUT2D eigenvalue weighted by Gasteiger charge is -2.36. The fraction of sp³-hybridized carbons (Fsp3) is 0.647. The molecule has 0 amide bonds. The molecule has 3 heteroatoms. The summed E-state index contributed by atoms with van der Waals surface area (Å²) < 4.78 is 7.49. The third-order valence-corrected chi connectivity index (χ3v) is 4.80. The van der Waals surface area contributed by atoms with E-state index in [4.69, 9.17) is 4.74 Å². The van der Waals surface area contributed by atoms with E-state index in [-0.39, 0.29) is 6.10 Å². The minimum atomic E-state index is 0.152. The first kappa shape index (κ1) is 16.0. The van der Waals surface area contributed by atoms with Crippen LogP contribution in [0.25, 0.3) is 0 Å². The highest BCUT2D eigenvalue weighted by molar-refractivity contribution is 9.10. The zero-order chi connectivity index (χ0) is 14.6. The summed E-state index contributed by atoms with van der Waals surface area (Å²) in [4.78, 5) is 0. The predicted octanol–water partition coefficient (Wildman–Crippen LogP) is 4.70. The van der Waals surface area contributed by atoms with Crippen LogP contribution in [0.3, 0.4) is 0 Å². The van der Waals surface area contributed by atoms with Crippen LogP contribution in [0.15, 0.2) is 28.7 Å². The van der Waals surface area contributed by atoms with Crippen molar-refractivity contribution in [1.29, 1.82) is 0 Å². The van der Waals surface area contributed by atoms with Crippen molar-refractivity contribution in [3.8, 4) is 0 Å². The molecule has 0 heterocycles. The van der Waals surface area contributed by atoms with Crippen LogP contribution in [-0.4, -0.2) is 19.7 Å². The monoisotopic (exact) mass is 339 g/mol. The van der Waals surface area contributed by atoms with Crippen LogP contribution >= 0.6 is 15.9 Å². The Bertz CT molecular complexity index is 406. The van der Waals surface area contributed by atoms with Gasteiger partial charge in [0.25, 0.3) is 0 Å². The van der Waals surface area contributed by atoms with Crippen molar-refractivity contribution >= 4 is 15.9 Å². The van der Waals surface area contributed by atoms with Gasteiger partial charge >= 0.3 is 0 Å². The molecule has 0 aliphatic heterocycles. The van der Waals surface area contributed by atoms with Crippen molar-refractivity contribution in [2.75, 3.05) is 13.6 Å². The molecule has 1 atom stereocenters.